The predicted octanol–water partition coefficient (Wildman–Crippen LogP) is 1.98. The number of carbonyl (C=O) groups is 2. The molecule has 1 unspecified atom stereocenters. The Morgan fingerprint density at radius 1 is 1.22 bits per heavy atom. The van der Waals surface area contributed by atoms with Gasteiger partial charge in [-0.25, -0.2) is 9.97 Å². The fourth-order valence-corrected chi connectivity index (χ4v) is 3.96. The molecule has 32 heavy (non-hydrogen) atoms. The Hall–Kier alpha value is -3.75. The number of nitrogens with zero attached hydrogens (tertiary/aromatic N) is 3. The van der Waals surface area contributed by atoms with E-state index in [1.54, 1.807) is 30.5 Å². The number of fused-ring (bicyclic) bond motifs is 1. The molecule has 1 fully saturated rings. The van der Waals surface area contributed by atoms with Crippen LogP contribution >= 0.6 is 0 Å². The number of para-hydroxylation sites is 1. The summed E-state index contributed by atoms with van der Waals surface area (Å²) in [6, 6.07) is 10.8. The van der Waals surface area contributed by atoms with Gasteiger partial charge in [0.25, 0.3) is 5.56 Å². The second-order valence-electron chi connectivity index (χ2n) is 8.02. The van der Waals surface area contributed by atoms with Crippen molar-refractivity contribution >= 4 is 34.2 Å². The summed E-state index contributed by atoms with van der Waals surface area (Å²) in [6.07, 6.45) is 4.67. The first-order valence-corrected chi connectivity index (χ1v) is 10.8. The van der Waals surface area contributed by atoms with E-state index in [9.17, 15) is 14.4 Å². The van der Waals surface area contributed by atoms with E-state index < -0.39 is 0 Å². The molecule has 4 rings (SSSR count). The molecule has 1 atom stereocenters. The van der Waals surface area contributed by atoms with Gasteiger partial charge in [-0.1, -0.05) is 12.1 Å². The van der Waals surface area contributed by atoms with Crippen LogP contribution in [0.5, 0.6) is 0 Å². The van der Waals surface area contributed by atoms with Crippen molar-refractivity contribution in [3.05, 3.63) is 58.8 Å². The van der Waals surface area contributed by atoms with E-state index in [4.69, 9.17) is 5.73 Å². The van der Waals surface area contributed by atoms with Crippen LogP contribution in [0.1, 0.15) is 31.5 Å². The van der Waals surface area contributed by atoms with Crippen LogP contribution < -0.4 is 21.5 Å². The van der Waals surface area contributed by atoms with Gasteiger partial charge < -0.3 is 20.9 Å². The van der Waals surface area contributed by atoms with Crippen LogP contribution in [0.4, 0.5) is 11.5 Å². The van der Waals surface area contributed by atoms with Gasteiger partial charge in [0.15, 0.2) is 0 Å². The lowest BCUT2D eigenvalue weighted by molar-refractivity contribution is -0.122. The molecule has 1 aliphatic rings. The number of nitrogens with two attached hydrogens (primary N) is 1. The maximum absolute atomic E-state index is 12.3. The molecule has 1 saturated heterocycles. The minimum Gasteiger partial charge on any atom is -0.369 e. The number of aryl methyl sites for hydroxylation is 1. The third-order valence-electron chi connectivity index (χ3n) is 5.66. The number of rotatable bonds is 7. The molecule has 0 aliphatic carbocycles. The summed E-state index contributed by atoms with van der Waals surface area (Å²) in [5, 5.41) is 3.40. The number of aromatic nitrogens is 3. The number of amides is 2. The molecule has 0 spiro atoms. The average Bonchev–Trinajstić information content (AvgIpc) is 2.80. The van der Waals surface area contributed by atoms with E-state index in [0.717, 1.165) is 25.2 Å². The highest BCUT2D eigenvalue weighted by atomic mass is 16.2. The standard InChI is InChI=1S/C23H26N6O3/c24-22(31)15-5-4-12-29(14-15)20-11-10-16(13-25-20)26-21(30)9-3-8-19-27-18-7-2-1-6-17(18)23(32)28-19/h1-2,6-7,10-11,13,15H,3-5,8-9,12,14H2,(H2,24,31)(H,26,30)(H,27,28,32). The van der Waals surface area contributed by atoms with Gasteiger partial charge in [-0.2, -0.15) is 0 Å². The molecule has 1 aliphatic heterocycles. The fraction of sp³-hybridized carbons (Fsp3) is 0.348. The number of pyridine rings is 1. The van der Waals surface area contributed by atoms with Crippen LogP contribution in [-0.4, -0.2) is 39.9 Å². The zero-order valence-corrected chi connectivity index (χ0v) is 17.7. The van der Waals surface area contributed by atoms with E-state index >= 15 is 0 Å². The summed E-state index contributed by atoms with van der Waals surface area (Å²) in [5.74, 6) is 0.775. The minimum atomic E-state index is -0.276. The number of primary amides is 1. The highest BCUT2D eigenvalue weighted by Crippen LogP contribution is 2.22. The molecule has 9 nitrogen and oxygen atoms in total. The molecule has 3 aromatic rings. The normalized spacial score (nSPS) is 16.1. The van der Waals surface area contributed by atoms with Crippen LogP contribution in [0.15, 0.2) is 47.4 Å². The Balaban J connectivity index is 1.28. The number of H-pyrrole nitrogens is 1. The minimum absolute atomic E-state index is 0.130. The summed E-state index contributed by atoms with van der Waals surface area (Å²) in [5.41, 5.74) is 6.53. The lowest BCUT2D eigenvalue weighted by Gasteiger charge is -2.32. The van der Waals surface area contributed by atoms with Crippen molar-refractivity contribution < 1.29 is 9.59 Å². The van der Waals surface area contributed by atoms with Crippen LogP contribution in [0, 0.1) is 5.92 Å². The Labute approximate surface area is 185 Å². The van der Waals surface area contributed by atoms with Crippen LogP contribution in [0.2, 0.25) is 0 Å². The summed E-state index contributed by atoms with van der Waals surface area (Å²) < 4.78 is 0. The summed E-state index contributed by atoms with van der Waals surface area (Å²) in [6.45, 7) is 1.40. The number of anilines is 2. The quantitative estimate of drug-likeness (QED) is 0.521. The van der Waals surface area contributed by atoms with Gasteiger partial charge in [0, 0.05) is 25.9 Å². The number of benzene rings is 1. The average molecular weight is 435 g/mol. The lowest BCUT2D eigenvalue weighted by Crippen LogP contribution is -2.41. The second kappa shape index (κ2) is 9.59. The van der Waals surface area contributed by atoms with E-state index in [2.05, 4.69) is 20.3 Å². The van der Waals surface area contributed by atoms with E-state index in [-0.39, 0.29) is 23.3 Å². The molecule has 166 valence electrons. The molecule has 2 aromatic heterocycles. The van der Waals surface area contributed by atoms with E-state index in [1.807, 2.05) is 17.0 Å². The summed E-state index contributed by atoms with van der Waals surface area (Å²) in [4.78, 5) is 49.6. The SMILES string of the molecule is NC(=O)C1CCCN(c2ccc(NC(=O)CCCc3nc4ccccc4c(=O)[nH]3)cn2)C1. The van der Waals surface area contributed by atoms with Crippen molar-refractivity contribution in [3.8, 4) is 0 Å². The molecule has 0 bridgehead atoms. The van der Waals surface area contributed by atoms with Gasteiger partial charge in [-0.15, -0.1) is 0 Å². The Morgan fingerprint density at radius 3 is 2.84 bits per heavy atom. The first-order valence-electron chi connectivity index (χ1n) is 10.8. The van der Waals surface area contributed by atoms with Crippen molar-refractivity contribution in [2.75, 3.05) is 23.3 Å². The molecule has 9 heteroatoms. The molecular weight excluding hydrogens is 408 g/mol. The molecule has 2 amide bonds. The number of piperidine rings is 1. The van der Waals surface area contributed by atoms with Crippen molar-refractivity contribution in [1.82, 2.24) is 15.0 Å². The number of hydrogen-bond acceptors (Lipinski definition) is 6. The van der Waals surface area contributed by atoms with Crippen LogP contribution in [0.3, 0.4) is 0 Å². The lowest BCUT2D eigenvalue weighted by atomic mass is 9.97. The van der Waals surface area contributed by atoms with Gasteiger partial charge in [0.2, 0.25) is 11.8 Å². The van der Waals surface area contributed by atoms with Crippen molar-refractivity contribution in [3.63, 3.8) is 0 Å². The zero-order valence-electron chi connectivity index (χ0n) is 17.7. The molecule has 1 aromatic carbocycles. The first kappa shape index (κ1) is 21.5. The third kappa shape index (κ3) is 5.11. The monoisotopic (exact) mass is 434 g/mol. The van der Waals surface area contributed by atoms with E-state index in [0.29, 0.717) is 48.2 Å². The summed E-state index contributed by atoms with van der Waals surface area (Å²) in [7, 11) is 0. The predicted molar refractivity (Wildman–Crippen MR) is 122 cm³/mol. The molecular formula is C23H26N6O3. The molecule has 4 N–H and O–H groups in total. The highest BCUT2D eigenvalue weighted by molar-refractivity contribution is 5.90. The first-order chi connectivity index (χ1) is 15.5. The Morgan fingerprint density at radius 2 is 2.06 bits per heavy atom. The smallest absolute Gasteiger partial charge is 0.258 e. The largest absolute Gasteiger partial charge is 0.369 e. The van der Waals surface area contributed by atoms with Gasteiger partial charge in [0.05, 0.1) is 28.7 Å². The maximum Gasteiger partial charge on any atom is 0.258 e. The number of nitrogens with one attached hydrogen (secondary N) is 2. The van der Waals surface area contributed by atoms with Gasteiger partial charge in [-0.05, 0) is 43.5 Å². The van der Waals surface area contributed by atoms with Gasteiger partial charge in [0.1, 0.15) is 11.6 Å². The molecule has 3 heterocycles. The van der Waals surface area contributed by atoms with Gasteiger partial charge >= 0.3 is 0 Å². The number of aromatic amines is 1. The maximum atomic E-state index is 12.3. The zero-order chi connectivity index (χ0) is 22.5. The molecule has 0 radical (unpaired) electrons. The topological polar surface area (TPSA) is 134 Å². The Kier molecular flexibility index (Phi) is 6.44. The summed E-state index contributed by atoms with van der Waals surface area (Å²) >= 11 is 0. The van der Waals surface area contributed by atoms with Gasteiger partial charge in [-0.3, -0.25) is 14.4 Å². The fourth-order valence-electron chi connectivity index (χ4n) is 3.96. The van der Waals surface area contributed by atoms with Crippen LogP contribution in [0.25, 0.3) is 10.9 Å². The number of carbonyl (C=O) groups excluding carboxylic acids is 2. The third-order valence-corrected chi connectivity index (χ3v) is 5.66. The number of hydrogen-bond donors (Lipinski definition) is 3. The van der Waals surface area contributed by atoms with Crippen LogP contribution in [-0.2, 0) is 16.0 Å². The van der Waals surface area contributed by atoms with Crippen molar-refractivity contribution in [1.29, 1.82) is 0 Å². The second-order valence-corrected chi connectivity index (χ2v) is 8.02. The highest BCUT2D eigenvalue weighted by Gasteiger charge is 2.24. The van der Waals surface area contributed by atoms with Crippen molar-refractivity contribution in [2.24, 2.45) is 11.7 Å². The van der Waals surface area contributed by atoms with Crippen molar-refractivity contribution in [2.45, 2.75) is 32.1 Å². The van der Waals surface area contributed by atoms with E-state index in [1.165, 1.54) is 0 Å². The Bertz CT molecular complexity index is 1170. The molecule has 0 saturated carbocycles.